The molecule has 2 rings (SSSR count). The number of ether oxygens (including phenoxy) is 3. The molecule has 0 spiro atoms. The minimum absolute atomic E-state index is 0.305. The normalized spacial score (nSPS) is 14.2. The highest BCUT2D eigenvalue weighted by molar-refractivity contribution is 9.09. The number of fused-ring (bicyclic) bond motifs is 1. The summed E-state index contributed by atoms with van der Waals surface area (Å²) in [6.07, 6.45) is 1.01. The highest BCUT2D eigenvalue weighted by Gasteiger charge is 2.13. The molecule has 18 heavy (non-hydrogen) atoms. The number of carbonyl (C=O) groups is 1. The van der Waals surface area contributed by atoms with Crippen LogP contribution in [0.4, 0.5) is 0 Å². The van der Waals surface area contributed by atoms with E-state index in [0.717, 1.165) is 6.08 Å². The lowest BCUT2D eigenvalue weighted by Gasteiger charge is -2.19. The number of benzene rings is 1. The van der Waals surface area contributed by atoms with E-state index >= 15 is 0 Å². The number of halogens is 1. The van der Waals surface area contributed by atoms with E-state index in [1.54, 1.807) is 18.2 Å². The van der Waals surface area contributed by atoms with Gasteiger partial charge in [0.25, 0.3) is 0 Å². The summed E-state index contributed by atoms with van der Waals surface area (Å²) >= 11 is 3.16. The molecule has 1 aromatic carbocycles. The van der Waals surface area contributed by atoms with Crippen LogP contribution in [-0.2, 0) is 4.79 Å². The van der Waals surface area contributed by atoms with Gasteiger partial charge in [0, 0.05) is 6.07 Å². The average Bonchev–Trinajstić information content (AvgIpc) is 2.37. The molecule has 0 atom stereocenters. The Bertz CT molecular complexity index is 483. The average molecular weight is 315 g/mol. The summed E-state index contributed by atoms with van der Waals surface area (Å²) in [7, 11) is 0. The largest absolute Gasteiger partial charge is 0.486 e. The smallest absolute Gasteiger partial charge is 0.331 e. The second-order valence-electron chi connectivity index (χ2n) is 3.49. The predicted octanol–water partition coefficient (Wildman–Crippen LogP) is 2.20. The Labute approximate surface area is 112 Å². The lowest BCUT2D eigenvalue weighted by atomic mass is 10.3. The number of hydrogen-bond acceptors (Lipinski definition) is 4. The highest BCUT2D eigenvalue weighted by Crippen LogP contribution is 2.34. The first-order valence-electron chi connectivity index (χ1n) is 5.26. The van der Waals surface area contributed by atoms with Crippen molar-refractivity contribution >= 4 is 21.9 Å². The quantitative estimate of drug-likeness (QED) is 0.524. The molecule has 0 saturated carbocycles. The van der Waals surface area contributed by atoms with Crippen LogP contribution in [0.25, 0.3) is 0 Å². The van der Waals surface area contributed by atoms with Crippen molar-refractivity contribution in [1.82, 2.24) is 0 Å². The van der Waals surface area contributed by atoms with Crippen LogP contribution in [0, 0.1) is 0 Å². The van der Waals surface area contributed by atoms with Gasteiger partial charge in [0.15, 0.2) is 11.5 Å². The molecule has 1 N–H and O–H groups in total. The van der Waals surface area contributed by atoms with Crippen molar-refractivity contribution in [2.75, 3.05) is 18.5 Å². The molecule has 1 heterocycles. The van der Waals surface area contributed by atoms with Crippen molar-refractivity contribution in [3.05, 3.63) is 30.0 Å². The minimum Gasteiger partial charge on any atom is -0.486 e. The molecule has 0 radical (unpaired) electrons. The third-order valence-electron chi connectivity index (χ3n) is 2.18. The number of alkyl halides is 1. The Kier molecular flexibility index (Phi) is 4.09. The fourth-order valence-electron chi connectivity index (χ4n) is 1.47. The van der Waals surface area contributed by atoms with Gasteiger partial charge in [0.05, 0.1) is 11.4 Å². The Balaban J connectivity index is 2.16. The van der Waals surface area contributed by atoms with Crippen LogP contribution in [0.1, 0.15) is 0 Å². The van der Waals surface area contributed by atoms with Gasteiger partial charge in [0.2, 0.25) is 0 Å². The summed E-state index contributed by atoms with van der Waals surface area (Å²) in [5, 5.41) is 8.98. The van der Waals surface area contributed by atoms with E-state index in [0.29, 0.717) is 41.6 Å². The molecule has 0 fully saturated rings. The molecule has 1 aliphatic heterocycles. The Morgan fingerprint density at radius 3 is 2.78 bits per heavy atom. The van der Waals surface area contributed by atoms with Crippen LogP contribution >= 0.6 is 15.9 Å². The number of hydrogen-bond donors (Lipinski definition) is 1. The third kappa shape index (κ3) is 3.16. The molecule has 0 aromatic heterocycles. The maximum atomic E-state index is 10.6. The molecule has 5 nitrogen and oxygen atoms in total. The van der Waals surface area contributed by atoms with Crippen LogP contribution < -0.4 is 14.2 Å². The summed E-state index contributed by atoms with van der Waals surface area (Å²) in [6.45, 7) is 1.02. The second-order valence-corrected chi connectivity index (χ2v) is 4.05. The van der Waals surface area contributed by atoms with Crippen LogP contribution in [0.5, 0.6) is 17.2 Å². The zero-order valence-electron chi connectivity index (χ0n) is 9.39. The van der Waals surface area contributed by atoms with Gasteiger partial charge in [-0.2, -0.15) is 0 Å². The van der Waals surface area contributed by atoms with Gasteiger partial charge in [-0.3, -0.25) is 0 Å². The number of rotatable bonds is 4. The van der Waals surface area contributed by atoms with Crippen molar-refractivity contribution < 1.29 is 24.1 Å². The maximum absolute atomic E-state index is 10.6. The summed E-state index contributed by atoms with van der Waals surface area (Å²) in [6, 6.07) is 5.11. The van der Waals surface area contributed by atoms with Crippen molar-refractivity contribution in [2.45, 2.75) is 0 Å². The number of carboxylic acids is 1. The summed E-state index contributed by atoms with van der Waals surface area (Å²) in [4.78, 5) is 10.6. The van der Waals surface area contributed by atoms with Crippen molar-refractivity contribution in [1.29, 1.82) is 0 Å². The van der Waals surface area contributed by atoms with Gasteiger partial charge in [-0.1, -0.05) is 15.9 Å². The van der Waals surface area contributed by atoms with Crippen LogP contribution in [0.2, 0.25) is 0 Å². The van der Waals surface area contributed by atoms with Crippen LogP contribution in [-0.4, -0.2) is 29.6 Å². The molecule has 1 aliphatic rings. The monoisotopic (exact) mass is 314 g/mol. The molecule has 0 aliphatic carbocycles. The fourth-order valence-corrected chi connectivity index (χ4v) is 1.75. The van der Waals surface area contributed by atoms with Crippen molar-refractivity contribution in [3.8, 4) is 17.2 Å². The van der Waals surface area contributed by atoms with Crippen LogP contribution in [0.15, 0.2) is 30.0 Å². The zero-order chi connectivity index (χ0) is 13.0. The number of allylic oxidation sites excluding steroid dienone is 1. The van der Waals surface area contributed by atoms with Gasteiger partial charge in [-0.25, -0.2) is 4.79 Å². The maximum Gasteiger partial charge on any atom is 0.331 e. The first-order valence-corrected chi connectivity index (χ1v) is 6.38. The number of aliphatic carboxylic acids is 1. The fraction of sp³-hybridized carbons (Fsp3) is 0.250. The van der Waals surface area contributed by atoms with Gasteiger partial charge < -0.3 is 19.3 Å². The molecule has 96 valence electrons. The Hall–Kier alpha value is -1.69. The van der Waals surface area contributed by atoms with E-state index in [1.165, 1.54) is 0 Å². The van der Waals surface area contributed by atoms with E-state index in [2.05, 4.69) is 15.9 Å². The summed E-state index contributed by atoms with van der Waals surface area (Å²) < 4.78 is 16.2. The Morgan fingerprint density at radius 1 is 1.39 bits per heavy atom. The van der Waals surface area contributed by atoms with E-state index in [1.807, 2.05) is 0 Å². The Morgan fingerprint density at radius 2 is 2.11 bits per heavy atom. The number of carboxylic acid groups (broad SMARTS) is 1. The van der Waals surface area contributed by atoms with Gasteiger partial charge in [0.1, 0.15) is 24.7 Å². The highest BCUT2D eigenvalue weighted by atomic mass is 79.9. The predicted molar refractivity (Wildman–Crippen MR) is 67.6 cm³/mol. The molecular weight excluding hydrogens is 304 g/mol. The van der Waals surface area contributed by atoms with Crippen LogP contribution in [0.3, 0.4) is 0 Å². The first kappa shape index (κ1) is 12.8. The van der Waals surface area contributed by atoms with Gasteiger partial charge in [-0.05, 0) is 12.1 Å². The van der Waals surface area contributed by atoms with E-state index in [9.17, 15) is 4.79 Å². The van der Waals surface area contributed by atoms with Gasteiger partial charge >= 0.3 is 5.97 Å². The summed E-state index contributed by atoms with van der Waals surface area (Å²) in [5.41, 5.74) is 0. The topological polar surface area (TPSA) is 65.0 Å². The third-order valence-corrected chi connectivity index (χ3v) is 2.73. The molecule has 6 heteroatoms. The zero-order valence-corrected chi connectivity index (χ0v) is 11.0. The van der Waals surface area contributed by atoms with E-state index in [-0.39, 0.29) is 0 Å². The molecule has 0 amide bonds. The molecule has 0 unspecified atom stereocenters. The first-order chi connectivity index (χ1) is 8.69. The van der Waals surface area contributed by atoms with Gasteiger partial charge in [-0.15, -0.1) is 0 Å². The van der Waals surface area contributed by atoms with Crippen molar-refractivity contribution in [3.63, 3.8) is 0 Å². The van der Waals surface area contributed by atoms with E-state index < -0.39 is 5.97 Å². The molecule has 0 bridgehead atoms. The van der Waals surface area contributed by atoms with Crippen molar-refractivity contribution in [2.24, 2.45) is 0 Å². The standard InChI is InChI=1S/C12H11BrO5/c13-7-9(6-12(14)15)18-8-1-2-10-11(5-8)17-4-3-16-10/h1-2,5-6H,3-4,7H2,(H,14,15). The summed E-state index contributed by atoms with van der Waals surface area (Å²) in [5.74, 6) is 1.02. The second kappa shape index (κ2) is 5.77. The lowest BCUT2D eigenvalue weighted by molar-refractivity contribution is -0.131. The minimum atomic E-state index is -1.05. The molecule has 0 saturated heterocycles. The lowest BCUT2D eigenvalue weighted by Crippen LogP contribution is -2.15. The molecule has 1 aromatic rings. The van der Waals surface area contributed by atoms with E-state index in [4.69, 9.17) is 19.3 Å². The molecular formula is C12H11BrO5. The SMILES string of the molecule is O=C(O)C=C(CBr)Oc1ccc2c(c1)OCCO2.